The minimum atomic E-state index is 0.127. The van der Waals surface area contributed by atoms with Gasteiger partial charge in [0.25, 0.3) is 0 Å². The molecule has 0 saturated carbocycles. The number of carbonyl (C=O) groups excluding carboxylic acids is 1. The van der Waals surface area contributed by atoms with Crippen molar-refractivity contribution in [1.29, 1.82) is 0 Å². The van der Waals surface area contributed by atoms with Crippen LogP contribution in [0.1, 0.15) is 12.1 Å². The fraction of sp³-hybridized carbons (Fsp3) is 0.500. The lowest BCUT2D eigenvalue weighted by molar-refractivity contribution is -0.128. The van der Waals surface area contributed by atoms with Crippen LogP contribution in [0.25, 0.3) is 0 Å². The lowest BCUT2D eigenvalue weighted by Crippen LogP contribution is -2.26. The van der Waals surface area contributed by atoms with E-state index in [0.717, 1.165) is 5.69 Å². The monoisotopic (exact) mass is 208 g/mol. The summed E-state index contributed by atoms with van der Waals surface area (Å²) in [6.07, 6.45) is 2.15. The van der Waals surface area contributed by atoms with Crippen LogP contribution >= 0.6 is 0 Å². The molecule has 1 N–H and O–H groups in total. The van der Waals surface area contributed by atoms with Gasteiger partial charge in [0.05, 0.1) is 5.69 Å². The van der Waals surface area contributed by atoms with Crippen molar-refractivity contribution in [3.63, 3.8) is 0 Å². The highest BCUT2D eigenvalue weighted by molar-refractivity contribution is 5.75. The van der Waals surface area contributed by atoms with Crippen molar-refractivity contribution in [2.24, 2.45) is 0 Å². The van der Waals surface area contributed by atoms with Crippen LogP contribution in [0.2, 0.25) is 0 Å². The number of nitrogens with one attached hydrogen (secondary N) is 1. The SMILES string of the molecule is CN(C)C(=O)CCNCc1cccnn1. The van der Waals surface area contributed by atoms with Gasteiger partial charge in [0, 0.05) is 39.8 Å². The van der Waals surface area contributed by atoms with Gasteiger partial charge >= 0.3 is 0 Å². The van der Waals surface area contributed by atoms with Crippen LogP contribution in [-0.2, 0) is 11.3 Å². The van der Waals surface area contributed by atoms with Gasteiger partial charge in [-0.05, 0) is 12.1 Å². The average molecular weight is 208 g/mol. The van der Waals surface area contributed by atoms with Crippen molar-refractivity contribution in [2.75, 3.05) is 20.6 Å². The molecule has 5 heteroatoms. The molecule has 0 atom stereocenters. The molecule has 82 valence electrons. The second-order valence-electron chi connectivity index (χ2n) is 3.43. The zero-order chi connectivity index (χ0) is 11.1. The summed E-state index contributed by atoms with van der Waals surface area (Å²) in [6, 6.07) is 3.74. The number of carbonyl (C=O) groups is 1. The molecule has 0 unspecified atom stereocenters. The Kier molecular flexibility index (Phi) is 4.70. The predicted octanol–water partition coefficient (Wildman–Crippen LogP) is 0.0445. The van der Waals surface area contributed by atoms with E-state index >= 15 is 0 Å². The smallest absolute Gasteiger partial charge is 0.223 e. The van der Waals surface area contributed by atoms with Crippen LogP contribution in [0, 0.1) is 0 Å². The van der Waals surface area contributed by atoms with Crippen molar-refractivity contribution in [3.8, 4) is 0 Å². The lowest BCUT2D eigenvalue weighted by Gasteiger charge is -2.10. The highest BCUT2D eigenvalue weighted by Crippen LogP contribution is 1.90. The molecule has 15 heavy (non-hydrogen) atoms. The van der Waals surface area contributed by atoms with Crippen molar-refractivity contribution in [1.82, 2.24) is 20.4 Å². The lowest BCUT2D eigenvalue weighted by atomic mass is 10.3. The summed E-state index contributed by atoms with van der Waals surface area (Å²) in [7, 11) is 3.51. The Labute approximate surface area is 89.5 Å². The predicted molar refractivity (Wildman–Crippen MR) is 57.0 cm³/mol. The van der Waals surface area contributed by atoms with Crippen molar-refractivity contribution >= 4 is 5.91 Å². The van der Waals surface area contributed by atoms with E-state index in [2.05, 4.69) is 15.5 Å². The van der Waals surface area contributed by atoms with Gasteiger partial charge < -0.3 is 10.2 Å². The van der Waals surface area contributed by atoms with E-state index in [1.165, 1.54) is 0 Å². The second kappa shape index (κ2) is 6.08. The van der Waals surface area contributed by atoms with Crippen molar-refractivity contribution in [3.05, 3.63) is 24.0 Å². The normalized spacial score (nSPS) is 10.0. The first-order chi connectivity index (χ1) is 7.20. The summed E-state index contributed by atoms with van der Waals surface area (Å²) in [5.41, 5.74) is 0.884. The van der Waals surface area contributed by atoms with Crippen LogP contribution < -0.4 is 5.32 Å². The zero-order valence-electron chi connectivity index (χ0n) is 9.10. The topological polar surface area (TPSA) is 58.1 Å². The van der Waals surface area contributed by atoms with Crippen LogP contribution in [0.3, 0.4) is 0 Å². The Hall–Kier alpha value is -1.49. The summed E-state index contributed by atoms with van der Waals surface area (Å²) in [4.78, 5) is 12.8. The second-order valence-corrected chi connectivity index (χ2v) is 3.43. The third-order valence-corrected chi connectivity index (χ3v) is 1.95. The quantitative estimate of drug-likeness (QED) is 0.694. The standard InChI is InChI=1S/C10H16N4O/c1-14(2)10(15)5-7-11-8-9-4-3-6-12-13-9/h3-4,6,11H,5,7-8H2,1-2H3. The first-order valence-corrected chi connectivity index (χ1v) is 4.87. The maximum atomic E-state index is 11.2. The third kappa shape index (κ3) is 4.51. The molecule has 0 radical (unpaired) electrons. The van der Waals surface area contributed by atoms with Gasteiger partial charge in [0.2, 0.25) is 5.91 Å². The minimum Gasteiger partial charge on any atom is -0.349 e. The van der Waals surface area contributed by atoms with Crippen LogP contribution in [0.5, 0.6) is 0 Å². The third-order valence-electron chi connectivity index (χ3n) is 1.95. The van der Waals surface area contributed by atoms with Gasteiger partial charge in [-0.2, -0.15) is 10.2 Å². The molecule has 0 saturated heterocycles. The highest BCUT2D eigenvalue weighted by Gasteiger charge is 2.02. The molecular formula is C10H16N4O. The Bertz CT molecular complexity index is 300. The number of rotatable bonds is 5. The fourth-order valence-corrected chi connectivity index (χ4v) is 1.06. The van der Waals surface area contributed by atoms with Crippen LogP contribution in [-0.4, -0.2) is 41.6 Å². The van der Waals surface area contributed by atoms with Crippen molar-refractivity contribution < 1.29 is 4.79 Å². The average Bonchev–Trinajstić information content (AvgIpc) is 2.25. The summed E-state index contributed by atoms with van der Waals surface area (Å²) < 4.78 is 0. The number of hydrogen-bond acceptors (Lipinski definition) is 4. The van der Waals surface area contributed by atoms with Gasteiger partial charge in [-0.3, -0.25) is 4.79 Å². The van der Waals surface area contributed by atoms with E-state index in [0.29, 0.717) is 19.5 Å². The molecule has 1 heterocycles. The van der Waals surface area contributed by atoms with E-state index in [1.54, 1.807) is 25.2 Å². The number of aromatic nitrogens is 2. The molecule has 1 aromatic heterocycles. The molecule has 0 aromatic carbocycles. The maximum Gasteiger partial charge on any atom is 0.223 e. The van der Waals surface area contributed by atoms with Gasteiger partial charge in [0.15, 0.2) is 0 Å². The summed E-state index contributed by atoms with van der Waals surface area (Å²) in [6.45, 7) is 1.31. The molecule has 0 aliphatic carbocycles. The molecule has 0 aliphatic rings. The Morgan fingerprint density at radius 3 is 2.93 bits per heavy atom. The number of amides is 1. The zero-order valence-corrected chi connectivity index (χ0v) is 9.10. The molecule has 5 nitrogen and oxygen atoms in total. The molecular weight excluding hydrogens is 192 g/mol. The first kappa shape index (κ1) is 11.6. The van der Waals surface area contributed by atoms with Gasteiger partial charge in [0.1, 0.15) is 0 Å². The van der Waals surface area contributed by atoms with E-state index in [-0.39, 0.29) is 5.91 Å². The summed E-state index contributed by atoms with van der Waals surface area (Å²) >= 11 is 0. The summed E-state index contributed by atoms with van der Waals surface area (Å²) in [5.74, 6) is 0.127. The molecule has 0 aliphatic heterocycles. The summed E-state index contributed by atoms with van der Waals surface area (Å²) in [5, 5.41) is 10.8. The van der Waals surface area contributed by atoms with Crippen LogP contribution in [0.15, 0.2) is 18.3 Å². The van der Waals surface area contributed by atoms with Crippen molar-refractivity contribution in [2.45, 2.75) is 13.0 Å². The van der Waals surface area contributed by atoms with E-state index in [1.807, 2.05) is 12.1 Å². The number of nitrogens with zero attached hydrogens (tertiary/aromatic N) is 3. The molecule has 0 bridgehead atoms. The van der Waals surface area contributed by atoms with E-state index in [4.69, 9.17) is 0 Å². The fourth-order valence-electron chi connectivity index (χ4n) is 1.06. The van der Waals surface area contributed by atoms with Gasteiger partial charge in [-0.1, -0.05) is 0 Å². The minimum absolute atomic E-state index is 0.127. The van der Waals surface area contributed by atoms with Gasteiger partial charge in [-0.25, -0.2) is 0 Å². The maximum absolute atomic E-state index is 11.2. The number of hydrogen-bond donors (Lipinski definition) is 1. The van der Waals surface area contributed by atoms with E-state index in [9.17, 15) is 4.79 Å². The van der Waals surface area contributed by atoms with Gasteiger partial charge in [-0.15, -0.1) is 0 Å². The Balaban J connectivity index is 2.15. The molecule has 1 amide bonds. The molecule has 1 aromatic rings. The largest absolute Gasteiger partial charge is 0.349 e. The molecule has 0 spiro atoms. The Morgan fingerprint density at radius 1 is 1.53 bits per heavy atom. The van der Waals surface area contributed by atoms with Crippen LogP contribution in [0.4, 0.5) is 0 Å². The molecule has 0 fully saturated rings. The molecule has 1 rings (SSSR count). The highest BCUT2D eigenvalue weighted by atomic mass is 16.2. The Morgan fingerprint density at radius 2 is 2.33 bits per heavy atom. The van der Waals surface area contributed by atoms with E-state index < -0.39 is 0 Å². The first-order valence-electron chi connectivity index (χ1n) is 4.87.